The Balaban J connectivity index is 2.99. The van der Waals surface area contributed by atoms with Crippen LogP contribution >= 0.6 is 0 Å². The van der Waals surface area contributed by atoms with Crippen molar-refractivity contribution in [2.75, 3.05) is 0 Å². The highest BCUT2D eigenvalue weighted by Crippen LogP contribution is 2.20. The second-order valence-corrected chi connectivity index (χ2v) is 3.15. The van der Waals surface area contributed by atoms with E-state index < -0.39 is 18.1 Å². The van der Waals surface area contributed by atoms with Crippen molar-refractivity contribution in [3.8, 4) is 0 Å². The van der Waals surface area contributed by atoms with Crippen LogP contribution in [0.5, 0.6) is 0 Å². The van der Waals surface area contributed by atoms with Gasteiger partial charge in [0.15, 0.2) is 6.10 Å². The number of aliphatic hydroxyl groups is 3. The van der Waals surface area contributed by atoms with Gasteiger partial charge in [0.05, 0.1) is 6.61 Å². The van der Waals surface area contributed by atoms with E-state index in [4.69, 9.17) is 10.8 Å². The van der Waals surface area contributed by atoms with Crippen LogP contribution < -0.4 is 5.73 Å². The minimum atomic E-state index is -1.67. The van der Waals surface area contributed by atoms with Crippen LogP contribution in [0.25, 0.3) is 0 Å². The zero-order valence-electron chi connectivity index (χ0n) is 8.00. The minimum Gasteiger partial charge on any atom is -0.392 e. The molecule has 0 aliphatic rings. The Bertz CT molecular complexity index is 353. The normalized spacial score (nSPS) is 14.6. The fourth-order valence-electron chi connectivity index (χ4n) is 1.29. The summed E-state index contributed by atoms with van der Waals surface area (Å²) in [5.74, 6) is -1.00. The van der Waals surface area contributed by atoms with Crippen molar-refractivity contribution in [3.05, 3.63) is 35.4 Å². The summed E-state index contributed by atoms with van der Waals surface area (Å²) >= 11 is 0. The van der Waals surface area contributed by atoms with Gasteiger partial charge >= 0.3 is 0 Å². The molecular weight excluding hydrogens is 198 g/mol. The molecular formula is C10H13NO4. The number of primary amides is 1. The summed E-state index contributed by atoms with van der Waals surface area (Å²) < 4.78 is 0. The highest BCUT2D eigenvalue weighted by Gasteiger charge is 2.24. The molecule has 2 atom stereocenters. The number of hydrogen-bond donors (Lipinski definition) is 4. The molecule has 2 unspecified atom stereocenters. The number of benzene rings is 1. The predicted molar refractivity (Wildman–Crippen MR) is 52.5 cm³/mol. The van der Waals surface area contributed by atoms with Crippen molar-refractivity contribution in [1.82, 2.24) is 0 Å². The van der Waals surface area contributed by atoms with E-state index in [0.717, 1.165) is 0 Å². The predicted octanol–water partition coefficient (Wildman–Crippen LogP) is -0.942. The number of rotatable bonds is 4. The van der Waals surface area contributed by atoms with Crippen LogP contribution in [0.1, 0.15) is 17.2 Å². The van der Waals surface area contributed by atoms with E-state index >= 15 is 0 Å². The molecule has 82 valence electrons. The molecule has 0 aliphatic heterocycles. The third-order valence-corrected chi connectivity index (χ3v) is 2.13. The molecule has 0 radical (unpaired) electrons. The summed E-state index contributed by atoms with van der Waals surface area (Å²) in [6.45, 7) is -0.279. The molecule has 0 aromatic heterocycles. The lowest BCUT2D eigenvalue weighted by atomic mass is 9.99. The van der Waals surface area contributed by atoms with E-state index in [-0.39, 0.29) is 6.61 Å². The maximum absolute atomic E-state index is 10.7. The van der Waals surface area contributed by atoms with Crippen LogP contribution in [0.3, 0.4) is 0 Å². The molecule has 15 heavy (non-hydrogen) atoms. The highest BCUT2D eigenvalue weighted by atomic mass is 16.3. The molecule has 0 spiro atoms. The van der Waals surface area contributed by atoms with Crippen LogP contribution in [0, 0.1) is 0 Å². The zero-order chi connectivity index (χ0) is 11.4. The maximum atomic E-state index is 10.7. The molecule has 1 aromatic carbocycles. The largest absolute Gasteiger partial charge is 0.392 e. The number of amides is 1. The Morgan fingerprint density at radius 2 is 1.93 bits per heavy atom. The first-order chi connectivity index (χ1) is 7.07. The van der Waals surface area contributed by atoms with Gasteiger partial charge in [0.1, 0.15) is 6.10 Å². The van der Waals surface area contributed by atoms with Crippen LogP contribution in [0.2, 0.25) is 0 Å². The Morgan fingerprint density at radius 1 is 1.33 bits per heavy atom. The van der Waals surface area contributed by atoms with Gasteiger partial charge in [-0.2, -0.15) is 0 Å². The lowest BCUT2D eigenvalue weighted by molar-refractivity contribution is -0.132. The molecule has 0 saturated carbocycles. The number of hydrogen-bond acceptors (Lipinski definition) is 4. The van der Waals surface area contributed by atoms with Gasteiger partial charge in [0, 0.05) is 0 Å². The standard InChI is InChI=1S/C10H13NO4/c11-10(15)9(14)8(13)7-4-2-1-3-6(7)5-12/h1-4,8-9,12-14H,5H2,(H2,11,15). The molecule has 5 N–H and O–H groups in total. The van der Waals surface area contributed by atoms with Crippen molar-refractivity contribution in [2.24, 2.45) is 5.73 Å². The van der Waals surface area contributed by atoms with Crippen molar-refractivity contribution in [3.63, 3.8) is 0 Å². The van der Waals surface area contributed by atoms with E-state index in [1.807, 2.05) is 0 Å². The second kappa shape index (κ2) is 4.88. The third-order valence-electron chi connectivity index (χ3n) is 2.13. The van der Waals surface area contributed by atoms with E-state index in [1.165, 1.54) is 6.07 Å². The third kappa shape index (κ3) is 2.53. The van der Waals surface area contributed by atoms with Gasteiger partial charge in [-0.05, 0) is 11.1 Å². The van der Waals surface area contributed by atoms with Gasteiger partial charge in [-0.15, -0.1) is 0 Å². The van der Waals surface area contributed by atoms with Gasteiger partial charge < -0.3 is 21.1 Å². The number of nitrogens with two attached hydrogens (primary N) is 1. The van der Waals surface area contributed by atoms with E-state index in [9.17, 15) is 15.0 Å². The van der Waals surface area contributed by atoms with Crippen LogP contribution in [0.15, 0.2) is 24.3 Å². The molecule has 0 aliphatic carbocycles. The average Bonchev–Trinajstić information content (AvgIpc) is 2.26. The van der Waals surface area contributed by atoms with E-state index in [2.05, 4.69) is 0 Å². The van der Waals surface area contributed by atoms with Crippen LogP contribution in [0.4, 0.5) is 0 Å². The Morgan fingerprint density at radius 3 is 2.47 bits per heavy atom. The molecule has 1 rings (SSSR count). The Kier molecular flexibility index (Phi) is 3.79. The van der Waals surface area contributed by atoms with Gasteiger partial charge in [-0.3, -0.25) is 4.79 Å². The molecule has 1 aromatic rings. The summed E-state index contributed by atoms with van der Waals surface area (Å²) in [6.07, 6.45) is -3.08. The summed E-state index contributed by atoms with van der Waals surface area (Å²) in [5, 5.41) is 27.9. The summed E-state index contributed by atoms with van der Waals surface area (Å²) in [4.78, 5) is 10.7. The summed E-state index contributed by atoms with van der Waals surface area (Å²) in [7, 11) is 0. The minimum absolute atomic E-state index is 0.279. The van der Waals surface area contributed by atoms with Crippen LogP contribution in [-0.2, 0) is 11.4 Å². The van der Waals surface area contributed by atoms with Crippen LogP contribution in [-0.4, -0.2) is 27.3 Å². The first-order valence-electron chi connectivity index (χ1n) is 4.42. The monoisotopic (exact) mass is 211 g/mol. The first-order valence-corrected chi connectivity index (χ1v) is 4.42. The molecule has 1 amide bonds. The van der Waals surface area contributed by atoms with Gasteiger partial charge in [0.25, 0.3) is 0 Å². The number of carbonyl (C=O) groups is 1. The van der Waals surface area contributed by atoms with E-state index in [0.29, 0.717) is 11.1 Å². The molecule has 0 fully saturated rings. The van der Waals surface area contributed by atoms with Crippen molar-refractivity contribution < 1.29 is 20.1 Å². The van der Waals surface area contributed by atoms with Gasteiger partial charge in [-0.25, -0.2) is 0 Å². The lowest BCUT2D eigenvalue weighted by Crippen LogP contribution is -2.34. The number of carbonyl (C=O) groups excluding carboxylic acids is 1. The fraction of sp³-hybridized carbons (Fsp3) is 0.300. The molecule has 5 nitrogen and oxygen atoms in total. The second-order valence-electron chi connectivity index (χ2n) is 3.15. The first kappa shape index (κ1) is 11.6. The summed E-state index contributed by atoms with van der Waals surface area (Å²) in [5.41, 5.74) is 5.60. The molecule has 0 heterocycles. The Labute approximate surface area is 86.8 Å². The van der Waals surface area contributed by atoms with E-state index in [1.54, 1.807) is 18.2 Å². The zero-order valence-corrected chi connectivity index (χ0v) is 8.00. The fourth-order valence-corrected chi connectivity index (χ4v) is 1.29. The smallest absolute Gasteiger partial charge is 0.249 e. The van der Waals surface area contributed by atoms with Crippen molar-refractivity contribution >= 4 is 5.91 Å². The molecule has 0 saturated heterocycles. The quantitative estimate of drug-likeness (QED) is 0.516. The Hall–Kier alpha value is -1.43. The lowest BCUT2D eigenvalue weighted by Gasteiger charge is -2.17. The SMILES string of the molecule is NC(=O)C(O)C(O)c1ccccc1CO. The van der Waals surface area contributed by atoms with Gasteiger partial charge in [-0.1, -0.05) is 24.3 Å². The highest BCUT2D eigenvalue weighted by molar-refractivity contribution is 5.79. The molecule has 5 heteroatoms. The van der Waals surface area contributed by atoms with Gasteiger partial charge in [0.2, 0.25) is 5.91 Å². The van der Waals surface area contributed by atoms with Crippen molar-refractivity contribution in [1.29, 1.82) is 0 Å². The molecule has 0 bridgehead atoms. The maximum Gasteiger partial charge on any atom is 0.249 e. The summed E-state index contributed by atoms with van der Waals surface area (Å²) in [6, 6.07) is 6.42. The van der Waals surface area contributed by atoms with Crippen molar-refractivity contribution in [2.45, 2.75) is 18.8 Å². The average molecular weight is 211 g/mol. The topological polar surface area (TPSA) is 104 Å². The number of aliphatic hydroxyl groups excluding tert-OH is 3.